The maximum Gasteiger partial charge on any atom is 0.416 e. The fraction of sp³-hybridized carbons (Fsp3) is 0.321. The normalized spacial score (nSPS) is 12.6. The molecule has 41 heavy (non-hydrogen) atoms. The molecule has 0 bridgehead atoms. The van der Waals surface area contributed by atoms with Crippen molar-refractivity contribution in [2.45, 2.75) is 32.2 Å². The Bertz CT molecular complexity index is 1330. The number of hydrogen-bond donors (Lipinski definition) is 2. The summed E-state index contributed by atoms with van der Waals surface area (Å²) in [5.74, 6) is -0.661. The third kappa shape index (κ3) is 9.17. The topological polar surface area (TPSA) is 73.6 Å². The van der Waals surface area contributed by atoms with Crippen LogP contribution in [-0.4, -0.2) is 25.7 Å². The number of amides is 1. The summed E-state index contributed by atoms with van der Waals surface area (Å²) in [4.78, 5) is 12.7. The zero-order chi connectivity index (χ0) is 30.4. The fourth-order valence-corrected chi connectivity index (χ4v) is 4.64. The molecule has 1 unspecified atom stereocenters. The molecule has 3 rings (SSSR count). The van der Waals surface area contributed by atoms with Gasteiger partial charge in [0.05, 0.1) is 27.1 Å². The van der Waals surface area contributed by atoms with Crippen LogP contribution in [-0.2, 0) is 30.1 Å². The van der Waals surface area contributed by atoms with E-state index in [-0.39, 0.29) is 26.2 Å². The molecule has 3 N–H and O–H groups in total. The molecular formula is C28H26Cl2F6N2O3. The van der Waals surface area contributed by atoms with Gasteiger partial charge in [0.2, 0.25) is 5.91 Å². The van der Waals surface area contributed by atoms with Crippen molar-refractivity contribution < 1.29 is 40.6 Å². The molecule has 13 heteroatoms. The number of rotatable bonds is 11. The Hall–Kier alpha value is -3.15. The van der Waals surface area contributed by atoms with Crippen LogP contribution in [0.3, 0.4) is 0 Å². The van der Waals surface area contributed by atoms with Gasteiger partial charge in [-0.05, 0) is 72.5 Å². The Morgan fingerprint density at radius 3 is 2.07 bits per heavy atom. The highest BCUT2D eigenvalue weighted by molar-refractivity contribution is 6.37. The molecule has 0 saturated heterocycles. The van der Waals surface area contributed by atoms with Gasteiger partial charge in [-0.15, -0.1) is 0 Å². The number of carbonyl (C=O) groups excluding carboxylic acids is 1. The summed E-state index contributed by atoms with van der Waals surface area (Å²) in [6, 6.07) is 11.2. The monoisotopic (exact) mass is 622 g/mol. The van der Waals surface area contributed by atoms with Gasteiger partial charge in [0, 0.05) is 13.1 Å². The van der Waals surface area contributed by atoms with Crippen molar-refractivity contribution in [2.24, 2.45) is 11.7 Å². The first-order chi connectivity index (χ1) is 19.2. The molecule has 0 spiro atoms. The predicted octanol–water partition coefficient (Wildman–Crippen LogP) is 7.23. The second-order valence-electron chi connectivity index (χ2n) is 9.12. The largest absolute Gasteiger partial charge is 0.490 e. The average molecular weight is 623 g/mol. The van der Waals surface area contributed by atoms with Crippen molar-refractivity contribution in [3.8, 4) is 11.5 Å². The quantitative estimate of drug-likeness (QED) is 0.175. The Kier molecular flexibility index (Phi) is 10.8. The third-order valence-corrected chi connectivity index (χ3v) is 6.55. The molecule has 3 aromatic rings. The minimum Gasteiger partial charge on any atom is -0.490 e. The summed E-state index contributed by atoms with van der Waals surface area (Å²) in [5, 5.41) is 3.05. The van der Waals surface area contributed by atoms with Gasteiger partial charge < -0.3 is 20.5 Å². The number of nitrogens with two attached hydrogens (primary N) is 1. The molecule has 0 aliphatic carbocycles. The summed E-state index contributed by atoms with van der Waals surface area (Å²) < 4.78 is 90.3. The minimum atomic E-state index is -4.89. The van der Waals surface area contributed by atoms with Gasteiger partial charge in [-0.25, -0.2) is 0 Å². The van der Waals surface area contributed by atoms with Crippen molar-refractivity contribution in [1.29, 1.82) is 0 Å². The Labute approximate surface area is 242 Å². The molecular weight excluding hydrogens is 597 g/mol. The standard InChI is InChI=1S/C28H26Cl2F6N2O3/c1-16-10-23(29)25(24(30)11-16)41-9-8-40-21-5-2-17(3-6-21)12-18(14-37)26(39)38-15-19-13-20(27(31,32)33)4-7-22(19)28(34,35)36/h2-7,10-11,13,18H,8-9,12,14-15,37H2,1H3,(H,38,39). The summed E-state index contributed by atoms with van der Waals surface area (Å²) in [7, 11) is 0. The third-order valence-electron chi connectivity index (χ3n) is 5.99. The highest BCUT2D eigenvalue weighted by Gasteiger charge is 2.37. The van der Waals surface area contributed by atoms with E-state index < -0.39 is 47.4 Å². The molecule has 1 atom stereocenters. The highest BCUT2D eigenvalue weighted by Crippen LogP contribution is 2.37. The molecule has 1 amide bonds. The summed E-state index contributed by atoms with van der Waals surface area (Å²) >= 11 is 12.3. The molecule has 0 aliphatic heterocycles. The SMILES string of the molecule is Cc1cc(Cl)c(OCCOc2ccc(CC(CN)C(=O)NCc3cc(C(F)(F)F)ccc3C(F)(F)F)cc2)c(Cl)c1. The van der Waals surface area contributed by atoms with Gasteiger partial charge in [0.1, 0.15) is 19.0 Å². The fourth-order valence-electron chi connectivity index (χ4n) is 3.94. The molecule has 0 aromatic heterocycles. The number of halogens is 8. The van der Waals surface area contributed by atoms with Crippen molar-refractivity contribution in [3.63, 3.8) is 0 Å². The second kappa shape index (κ2) is 13.7. The lowest BCUT2D eigenvalue weighted by atomic mass is 9.98. The average Bonchev–Trinajstić information content (AvgIpc) is 2.89. The van der Waals surface area contributed by atoms with E-state index in [1.807, 2.05) is 6.92 Å². The number of carbonyl (C=O) groups is 1. The van der Waals surface area contributed by atoms with Crippen LogP contribution in [0, 0.1) is 12.8 Å². The van der Waals surface area contributed by atoms with E-state index in [4.69, 9.17) is 38.4 Å². The van der Waals surface area contributed by atoms with Crippen LogP contribution in [0.4, 0.5) is 26.3 Å². The van der Waals surface area contributed by atoms with E-state index in [0.29, 0.717) is 45.3 Å². The lowest BCUT2D eigenvalue weighted by molar-refractivity contribution is -0.142. The van der Waals surface area contributed by atoms with Crippen LogP contribution in [0.2, 0.25) is 10.0 Å². The smallest absolute Gasteiger partial charge is 0.416 e. The Balaban J connectivity index is 1.55. The highest BCUT2D eigenvalue weighted by atomic mass is 35.5. The molecule has 0 radical (unpaired) electrons. The van der Waals surface area contributed by atoms with Gasteiger partial charge in [-0.3, -0.25) is 4.79 Å². The van der Waals surface area contributed by atoms with Crippen LogP contribution in [0.15, 0.2) is 54.6 Å². The van der Waals surface area contributed by atoms with Crippen molar-refractivity contribution in [3.05, 3.63) is 92.5 Å². The van der Waals surface area contributed by atoms with Crippen LogP contribution in [0.5, 0.6) is 11.5 Å². The maximum atomic E-state index is 13.3. The molecule has 0 heterocycles. The lowest BCUT2D eigenvalue weighted by Gasteiger charge is -2.18. The number of aryl methyl sites for hydroxylation is 1. The number of benzene rings is 3. The number of ether oxygens (including phenoxy) is 2. The molecule has 0 aliphatic rings. The predicted molar refractivity (Wildman–Crippen MR) is 143 cm³/mol. The lowest BCUT2D eigenvalue weighted by Crippen LogP contribution is -2.36. The van der Waals surface area contributed by atoms with Gasteiger partial charge in [-0.2, -0.15) is 26.3 Å². The molecule has 3 aromatic carbocycles. The van der Waals surface area contributed by atoms with Crippen LogP contribution in [0.1, 0.15) is 27.8 Å². The first-order valence-corrected chi connectivity index (χ1v) is 13.0. The van der Waals surface area contributed by atoms with Crippen LogP contribution < -0.4 is 20.5 Å². The van der Waals surface area contributed by atoms with E-state index in [9.17, 15) is 31.1 Å². The van der Waals surface area contributed by atoms with Crippen LogP contribution >= 0.6 is 23.2 Å². The first-order valence-electron chi connectivity index (χ1n) is 12.2. The van der Waals surface area contributed by atoms with Gasteiger partial charge >= 0.3 is 12.4 Å². The summed E-state index contributed by atoms with van der Waals surface area (Å²) in [6.45, 7) is 1.32. The number of nitrogens with one attached hydrogen (secondary N) is 1. The molecule has 222 valence electrons. The van der Waals surface area contributed by atoms with E-state index in [2.05, 4.69) is 5.32 Å². The summed E-state index contributed by atoms with van der Waals surface area (Å²) in [5.41, 5.74) is 4.08. The van der Waals surface area contributed by atoms with Crippen molar-refractivity contribution in [1.82, 2.24) is 5.32 Å². The first kappa shape index (κ1) is 32.4. The minimum absolute atomic E-state index is 0.139. The molecule has 0 fully saturated rings. The van der Waals surface area contributed by atoms with Crippen molar-refractivity contribution in [2.75, 3.05) is 19.8 Å². The van der Waals surface area contributed by atoms with Gasteiger partial charge in [0.25, 0.3) is 0 Å². The van der Waals surface area contributed by atoms with Gasteiger partial charge in [-0.1, -0.05) is 35.3 Å². The zero-order valence-corrected chi connectivity index (χ0v) is 23.1. The Morgan fingerprint density at radius 1 is 0.902 bits per heavy atom. The van der Waals surface area contributed by atoms with Crippen molar-refractivity contribution >= 4 is 29.1 Å². The zero-order valence-electron chi connectivity index (χ0n) is 21.6. The summed E-state index contributed by atoms with van der Waals surface area (Å²) in [6.07, 6.45) is -9.59. The van der Waals surface area contributed by atoms with E-state index >= 15 is 0 Å². The number of hydrogen-bond acceptors (Lipinski definition) is 4. The van der Waals surface area contributed by atoms with E-state index in [0.717, 1.165) is 5.56 Å². The van der Waals surface area contributed by atoms with Gasteiger partial charge in [0.15, 0.2) is 5.75 Å². The van der Waals surface area contributed by atoms with E-state index in [1.54, 1.807) is 36.4 Å². The van der Waals surface area contributed by atoms with E-state index in [1.165, 1.54) is 0 Å². The van der Waals surface area contributed by atoms with Crippen LogP contribution in [0.25, 0.3) is 0 Å². The molecule has 5 nitrogen and oxygen atoms in total. The maximum absolute atomic E-state index is 13.3. The second-order valence-corrected chi connectivity index (χ2v) is 9.93. The number of alkyl halides is 6. The molecule has 0 saturated carbocycles. The Morgan fingerprint density at radius 2 is 1.51 bits per heavy atom.